The van der Waals surface area contributed by atoms with Crippen LogP contribution < -0.4 is 5.73 Å². The van der Waals surface area contributed by atoms with Gasteiger partial charge in [0.2, 0.25) is 5.91 Å². The Morgan fingerprint density at radius 2 is 1.94 bits per heavy atom. The van der Waals surface area contributed by atoms with Gasteiger partial charge in [0, 0.05) is 11.1 Å². The van der Waals surface area contributed by atoms with Crippen molar-refractivity contribution >= 4 is 16.8 Å². The van der Waals surface area contributed by atoms with E-state index in [1.807, 2.05) is 24.3 Å². The molecule has 1 amide bonds. The molecule has 0 spiro atoms. The Morgan fingerprint density at radius 3 is 2.76 bits per heavy atom. The van der Waals surface area contributed by atoms with Crippen LogP contribution in [0.5, 0.6) is 0 Å². The van der Waals surface area contributed by atoms with Gasteiger partial charge in [-0.2, -0.15) is 0 Å². The zero-order valence-electron chi connectivity index (χ0n) is 9.57. The van der Waals surface area contributed by atoms with Crippen molar-refractivity contribution in [3.05, 3.63) is 41.1 Å². The standard InChI is InChI=1S/C14H14N2O/c15-14(17)13-9-5-1-3-7-11(9)16-12-8-4-2-6-10(12)13/h1,3,5,7H,2,4,6,8H2,(H2,15,17). The maximum absolute atomic E-state index is 11.7. The molecule has 0 saturated carbocycles. The molecule has 2 aromatic rings. The fraction of sp³-hybridized carbons (Fsp3) is 0.286. The number of hydrogen-bond donors (Lipinski definition) is 1. The first-order chi connectivity index (χ1) is 8.27. The van der Waals surface area contributed by atoms with Crippen molar-refractivity contribution in [2.75, 3.05) is 0 Å². The molecule has 86 valence electrons. The van der Waals surface area contributed by atoms with Crippen LogP contribution in [0, 0.1) is 0 Å². The lowest BCUT2D eigenvalue weighted by Gasteiger charge is -2.19. The number of amides is 1. The molecule has 3 rings (SSSR count). The summed E-state index contributed by atoms with van der Waals surface area (Å²) < 4.78 is 0. The van der Waals surface area contributed by atoms with Gasteiger partial charge in [-0.15, -0.1) is 0 Å². The molecular formula is C14H14N2O. The summed E-state index contributed by atoms with van der Waals surface area (Å²) in [5.41, 5.74) is 9.23. The quantitative estimate of drug-likeness (QED) is 0.810. The van der Waals surface area contributed by atoms with Gasteiger partial charge in [0.15, 0.2) is 0 Å². The lowest BCUT2D eigenvalue weighted by atomic mass is 9.89. The predicted octanol–water partition coefficient (Wildman–Crippen LogP) is 2.21. The van der Waals surface area contributed by atoms with Crippen LogP contribution in [0.25, 0.3) is 10.9 Å². The molecule has 1 aromatic carbocycles. The van der Waals surface area contributed by atoms with E-state index in [-0.39, 0.29) is 5.91 Å². The van der Waals surface area contributed by atoms with E-state index in [0.717, 1.165) is 47.8 Å². The number of nitrogens with two attached hydrogens (primary N) is 1. The van der Waals surface area contributed by atoms with Gasteiger partial charge in [0.1, 0.15) is 0 Å². The molecule has 0 atom stereocenters. The molecule has 0 unspecified atom stereocenters. The number of carbonyl (C=O) groups is 1. The molecule has 17 heavy (non-hydrogen) atoms. The fourth-order valence-electron chi connectivity index (χ4n) is 2.65. The van der Waals surface area contributed by atoms with Crippen molar-refractivity contribution in [1.82, 2.24) is 4.98 Å². The zero-order chi connectivity index (χ0) is 11.8. The number of fused-ring (bicyclic) bond motifs is 2. The molecule has 2 N–H and O–H groups in total. The van der Waals surface area contributed by atoms with Crippen LogP contribution in [-0.2, 0) is 12.8 Å². The Hall–Kier alpha value is -1.90. The average molecular weight is 226 g/mol. The van der Waals surface area contributed by atoms with Crippen molar-refractivity contribution in [3.8, 4) is 0 Å². The number of aryl methyl sites for hydroxylation is 1. The third kappa shape index (κ3) is 1.58. The first-order valence-electron chi connectivity index (χ1n) is 5.97. The van der Waals surface area contributed by atoms with Crippen molar-refractivity contribution < 1.29 is 4.79 Å². The summed E-state index contributed by atoms with van der Waals surface area (Å²) in [5.74, 6) is -0.332. The number of primary amides is 1. The molecule has 0 saturated heterocycles. The lowest BCUT2D eigenvalue weighted by Crippen LogP contribution is -2.19. The molecule has 0 fully saturated rings. The third-order valence-corrected chi connectivity index (χ3v) is 3.42. The van der Waals surface area contributed by atoms with Crippen molar-refractivity contribution in [2.45, 2.75) is 25.7 Å². The van der Waals surface area contributed by atoms with E-state index in [1.54, 1.807) is 0 Å². The second-order valence-electron chi connectivity index (χ2n) is 4.50. The molecule has 1 aromatic heterocycles. The van der Waals surface area contributed by atoms with Gasteiger partial charge in [0.05, 0.1) is 11.1 Å². The molecule has 1 aliphatic rings. The van der Waals surface area contributed by atoms with Crippen molar-refractivity contribution in [3.63, 3.8) is 0 Å². The number of pyridine rings is 1. The number of rotatable bonds is 1. The highest BCUT2D eigenvalue weighted by atomic mass is 16.1. The molecule has 0 radical (unpaired) electrons. The van der Waals surface area contributed by atoms with Gasteiger partial charge in [0.25, 0.3) is 0 Å². The number of aromatic nitrogens is 1. The van der Waals surface area contributed by atoms with E-state index >= 15 is 0 Å². The monoisotopic (exact) mass is 226 g/mol. The highest BCUT2D eigenvalue weighted by Gasteiger charge is 2.20. The van der Waals surface area contributed by atoms with E-state index in [1.165, 1.54) is 0 Å². The maximum Gasteiger partial charge on any atom is 0.249 e. The minimum atomic E-state index is -0.332. The average Bonchev–Trinajstić information content (AvgIpc) is 2.35. The predicted molar refractivity (Wildman–Crippen MR) is 66.9 cm³/mol. The van der Waals surface area contributed by atoms with Crippen LogP contribution in [0.2, 0.25) is 0 Å². The van der Waals surface area contributed by atoms with E-state index in [9.17, 15) is 4.79 Å². The summed E-state index contributed by atoms with van der Waals surface area (Å²) in [6.07, 6.45) is 4.15. The lowest BCUT2D eigenvalue weighted by molar-refractivity contribution is 0.100. The Kier molecular flexibility index (Phi) is 2.32. The Bertz CT molecular complexity index is 604. The van der Waals surface area contributed by atoms with Crippen LogP contribution in [0.3, 0.4) is 0 Å². The molecule has 1 aliphatic carbocycles. The Morgan fingerprint density at radius 1 is 1.18 bits per heavy atom. The van der Waals surface area contributed by atoms with Gasteiger partial charge in [-0.25, -0.2) is 0 Å². The first kappa shape index (κ1) is 10.3. The van der Waals surface area contributed by atoms with Gasteiger partial charge >= 0.3 is 0 Å². The van der Waals surface area contributed by atoms with Crippen molar-refractivity contribution in [2.24, 2.45) is 5.73 Å². The van der Waals surface area contributed by atoms with E-state index in [0.29, 0.717) is 5.56 Å². The zero-order valence-corrected chi connectivity index (χ0v) is 9.57. The van der Waals surface area contributed by atoms with E-state index in [2.05, 4.69) is 4.98 Å². The minimum Gasteiger partial charge on any atom is -0.366 e. The summed E-state index contributed by atoms with van der Waals surface area (Å²) in [5, 5.41) is 0.889. The van der Waals surface area contributed by atoms with Crippen LogP contribution in [0.4, 0.5) is 0 Å². The molecular weight excluding hydrogens is 212 g/mol. The molecule has 1 heterocycles. The normalized spacial score (nSPS) is 14.6. The summed E-state index contributed by atoms with van der Waals surface area (Å²) in [6, 6.07) is 7.73. The number of hydrogen-bond acceptors (Lipinski definition) is 2. The first-order valence-corrected chi connectivity index (χ1v) is 5.97. The fourth-order valence-corrected chi connectivity index (χ4v) is 2.65. The van der Waals surface area contributed by atoms with Gasteiger partial charge < -0.3 is 5.73 Å². The van der Waals surface area contributed by atoms with Gasteiger partial charge in [-0.05, 0) is 37.3 Å². The van der Waals surface area contributed by atoms with E-state index < -0.39 is 0 Å². The Balaban J connectivity index is 2.40. The number of benzene rings is 1. The summed E-state index contributed by atoms with van der Waals surface area (Å²) in [4.78, 5) is 16.3. The Labute approximate surface area is 99.7 Å². The molecule has 3 heteroatoms. The molecule has 0 aliphatic heterocycles. The van der Waals surface area contributed by atoms with Gasteiger partial charge in [-0.1, -0.05) is 18.2 Å². The largest absolute Gasteiger partial charge is 0.366 e. The highest BCUT2D eigenvalue weighted by molar-refractivity contribution is 6.07. The summed E-state index contributed by atoms with van der Waals surface area (Å²) >= 11 is 0. The maximum atomic E-state index is 11.7. The van der Waals surface area contributed by atoms with Gasteiger partial charge in [-0.3, -0.25) is 9.78 Å². The summed E-state index contributed by atoms with van der Waals surface area (Å²) in [6.45, 7) is 0. The summed E-state index contributed by atoms with van der Waals surface area (Å²) in [7, 11) is 0. The topological polar surface area (TPSA) is 56.0 Å². The number of nitrogens with zero attached hydrogens (tertiary/aromatic N) is 1. The third-order valence-electron chi connectivity index (χ3n) is 3.42. The van der Waals surface area contributed by atoms with Crippen molar-refractivity contribution in [1.29, 1.82) is 0 Å². The molecule has 0 bridgehead atoms. The second kappa shape index (κ2) is 3.84. The van der Waals surface area contributed by atoms with Crippen LogP contribution in [0.1, 0.15) is 34.5 Å². The smallest absolute Gasteiger partial charge is 0.249 e. The highest BCUT2D eigenvalue weighted by Crippen LogP contribution is 2.28. The van der Waals surface area contributed by atoms with Crippen LogP contribution in [-0.4, -0.2) is 10.9 Å². The number of para-hydroxylation sites is 1. The van der Waals surface area contributed by atoms with E-state index in [4.69, 9.17) is 5.73 Å². The SMILES string of the molecule is NC(=O)c1c2c(nc3ccccc13)CCCC2. The second-order valence-corrected chi connectivity index (χ2v) is 4.50. The van der Waals surface area contributed by atoms with Crippen LogP contribution in [0.15, 0.2) is 24.3 Å². The minimum absolute atomic E-state index is 0.332. The number of carbonyl (C=O) groups excluding carboxylic acids is 1. The molecule has 3 nitrogen and oxygen atoms in total. The van der Waals surface area contributed by atoms with Crippen LogP contribution >= 0.6 is 0 Å².